The summed E-state index contributed by atoms with van der Waals surface area (Å²) in [6.45, 7) is 3.13. The van der Waals surface area contributed by atoms with Gasteiger partial charge in [-0.3, -0.25) is 4.98 Å². The van der Waals surface area contributed by atoms with Crippen LogP contribution < -0.4 is 4.74 Å². The van der Waals surface area contributed by atoms with E-state index in [0.29, 0.717) is 5.75 Å². The summed E-state index contributed by atoms with van der Waals surface area (Å²) in [4.78, 5) is 3.99. The molecule has 4 heteroatoms. The molecule has 0 amide bonds. The van der Waals surface area contributed by atoms with Gasteiger partial charge < -0.3 is 4.74 Å². The van der Waals surface area contributed by atoms with Crippen LogP contribution in [0.5, 0.6) is 5.75 Å². The maximum absolute atomic E-state index is 11.8. The second-order valence-electron chi connectivity index (χ2n) is 2.78. The number of hydrogen-bond donors (Lipinski definition) is 0. The van der Waals surface area contributed by atoms with Gasteiger partial charge in [0.15, 0.2) is 0 Å². The van der Waals surface area contributed by atoms with E-state index < -0.39 is 13.0 Å². The number of aromatic nitrogens is 1. The summed E-state index contributed by atoms with van der Waals surface area (Å²) in [5, 5.41) is 0. The Balaban J connectivity index is 2.63. The summed E-state index contributed by atoms with van der Waals surface area (Å²) < 4.78 is 28.3. The molecule has 0 atom stereocenters. The Morgan fingerprint density at radius 2 is 2.15 bits per heavy atom. The highest BCUT2D eigenvalue weighted by Crippen LogP contribution is 2.14. The fourth-order valence-corrected chi connectivity index (χ4v) is 0.856. The van der Waals surface area contributed by atoms with Gasteiger partial charge in [-0.05, 0) is 25.5 Å². The van der Waals surface area contributed by atoms with Crippen LogP contribution in [0.3, 0.4) is 0 Å². The van der Waals surface area contributed by atoms with Gasteiger partial charge in [0.25, 0.3) is 6.43 Å². The molecule has 0 bridgehead atoms. The van der Waals surface area contributed by atoms with Gasteiger partial charge in [0.05, 0.1) is 6.20 Å². The molecule has 0 saturated carbocycles. The molecule has 0 spiro atoms. The van der Waals surface area contributed by atoms with E-state index in [0.717, 1.165) is 11.3 Å². The Labute approximate surface area is 75.6 Å². The van der Waals surface area contributed by atoms with Crippen LogP contribution in [0, 0.1) is 13.8 Å². The first-order chi connectivity index (χ1) is 6.09. The van der Waals surface area contributed by atoms with Gasteiger partial charge in [-0.15, -0.1) is 0 Å². The molecule has 72 valence electrons. The zero-order chi connectivity index (χ0) is 9.84. The topological polar surface area (TPSA) is 22.1 Å². The van der Waals surface area contributed by atoms with E-state index in [1.807, 2.05) is 13.8 Å². The Kier molecular flexibility index (Phi) is 3.17. The number of halogens is 2. The van der Waals surface area contributed by atoms with Crippen LogP contribution in [0.4, 0.5) is 8.78 Å². The number of rotatable bonds is 3. The second-order valence-corrected chi connectivity index (χ2v) is 2.78. The first-order valence-corrected chi connectivity index (χ1v) is 3.94. The SMILES string of the molecule is Cc1cc(OCC(F)F)cnc1C. The smallest absolute Gasteiger partial charge is 0.272 e. The van der Waals surface area contributed by atoms with Crippen LogP contribution in [0.25, 0.3) is 0 Å². The predicted octanol–water partition coefficient (Wildman–Crippen LogP) is 2.34. The van der Waals surface area contributed by atoms with Crippen molar-refractivity contribution in [1.82, 2.24) is 4.98 Å². The van der Waals surface area contributed by atoms with Gasteiger partial charge >= 0.3 is 0 Å². The minimum atomic E-state index is -2.44. The summed E-state index contributed by atoms with van der Waals surface area (Å²) >= 11 is 0. The number of aryl methyl sites for hydroxylation is 2. The third-order valence-corrected chi connectivity index (χ3v) is 1.69. The zero-order valence-electron chi connectivity index (χ0n) is 7.55. The minimum absolute atomic E-state index is 0.392. The highest BCUT2D eigenvalue weighted by atomic mass is 19.3. The van der Waals surface area contributed by atoms with Crippen molar-refractivity contribution < 1.29 is 13.5 Å². The first kappa shape index (κ1) is 9.89. The number of alkyl halides is 2. The highest BCUT2D eigenvalue weighted by Gasteiger charge is 2.04. The van der Waals surface area contributed by atoms with Gasteiger partial charge in [-0.2, -0.15) is 0 Å². The van der Waals surface area contributed by atoms with E-state index >= 15 is 0 Å². The van der Waals surface area contributed by atoms with Crippen molar-refractivity contribution in [3.8, 4) is 5.75 Å². The van der Waals surface area contributed by atoms with E-state index in [1.54, 1.807) is 6.07 Å². The molecule has 0 aromatic carbocycles. The van der Waals surface area contributed by atoms with E-state index in [2.05, 4.69) is 4.98 Å². The number of nitrogens with zero attached hydrogens (tertiary/aromatic N) is 1. The molecule has 0 unspecified atom stereocenters. The molecular weight excluding hydrogens is 176 g/mol. The van der Waals surface area contributed by atoms with Crippen LogP contribution in [0.2, 0.25) is 0 Å². The molecule has 1 aromatic heterocycles. The van der Waals surface area contributed by atoms with Gasteiger partial charge in [0, 0.05) is 5.69 Å². The molecule has 0 radical (unpaired) electrons. The van der Waals surface area contributed by atoms with E-state index in [4.69, 9.17) is 4.74 Å². The quantitative estimate of drug-likeness (QED) is 0.724. The van der Waals surface area contributed by atoms with Crippen LogP contribution in [-0.4, -0.2) is 18.0 Å². The Morgan fingerprint density at radius 3 is 2.69 bits per heavy atom. The lowest BCUT2D eigenvalue weighted by molar-refractivity contribution is 0.0817. The molecule has 0 saturated heterocycles. The lowest BCUT2D eigenvalue weighted by atomic mass is 10.2. The Morgan fingerprint density at radius 1 is 1.46 bits per heavy atom. The number of ether oxygens (including phenoxy) is 1. The van der Waals surface area contributed by atoms with Crippen molar-refractivity contribution in [2.45, 2.75) is 20.3 Å². The Bertz CT molecular complexity index is 289. The normalized spacial score (nSPS) is 10.5. The van der Waals surface area contributed by atoms with Gasteiger partial charge in [0.2, 0.25) is 0 Å². The molecule has 13 heavy (non-hydrogen) atoms. The highest BCUT2D eigenvalue weighted by molar-refractivity contribution is 5.27. The maximum Gasteiger partial charge on any atom is 0.272 e. The minimum Gasteiger partial charge on any atom is -0.486 e. The van der Waals surface area contributed by atoms with Gasteiger partial charge in [0.1, 0.15) is 12.4 Å². The number of pyridine rings is 1. The third kappa shape index (κ3) is 2.97. The van der Waals surface area contributed by atoms with E-state index in [-0.39, 0.29) is 0 Å². The van der Waals surface area contributed by atoms with Gasteiger partial charge in [-0.1, -0.05) is 0 Å². The van der Waals surface area contributed by atoms with Crippen LogP contribution in [-0.2, 0) is 0 Å². The molecular formula is C9H11F2NO. The van der Waals surface area contributed by atoms with Crippen LogP contribution in [0.1, 0.15) is 11.3 Å². The Hall–Kier alpha value is -1.19. The van der Waals surface area contributed by atoms with Crippen molar-refractivity contribution in [1.29, 1.82) is 0 Å². The molecule has 0 aliphatic rings. The fraction of sp³-hybridized carbons (Fsp3) is 0.444. The monoisotopic (exact) mass is 187 g/mol. The third-order valence-electron chi connectivity index (χ3n) is 1.69. The molecule has 2 nitrogen and oxygen atoms in total. The van der Waals surface area contributed by atoms with Crippen LogP contribution in [0.15, 0.2) is 12.3 Å². The molecule has 0 fully saturated rings. The van der Waals surface area contributed by atoms with Crippen molar-refractivity contribution in [3.05, 3.63) is 23.5 Å². The molecule has 0 N–H and O–H groups in total. The summed E-state index contributed by atoms with van der Waals surface area (Å²) in [5.41, 5.74) is 1.82. The van der Waals surface area contributed by atoms with Gasteiger partial charge in [-0.25, -0.2) is 8.78 Å². The summed E-state index contributed by atoms with van der Waals surface area (Å²) in [5.74, 6) is 0.392. The lowest BCUT2D eigenvalue weighted by Gasteiger charge is -2.06. The summed E-state index contributed by atoms with van der Waals surface area (Å²) in [6.07, 6.45) is -0.994. The van der Waals surface area contributed by atoms with Crippen molar-refractivity contribution in [2.75, 3.05) is 6.61 Å². The summed E-state index contributed by atoms with van der Waals surface area (Å²) in [7, 11) is 0. The van der Waals surface area contributed by atoms with Crippen molar-refractivity contribution in [3.63, 3.8) is 0 Å². The zero-order valence-corrected chi connectivity index (χ0v) is 7.55. The second kappa shape index (κ2) is 4.16. The maximum atomic E-state index is 11.8. The molecule has 1 rings (SSSR count). The molecule has 0 aliphatic heterocycles. The fourth-order valence-electron chi connectivity index (χ4n) is 0.856. The summed E-state index contributed by atoms with van der Waals surface area (Å²) in [6, 6.07) is 1.70. The molecule has 0 aliphatic carbocycles. The standard InChI is InChI=1S/C9H11F2NO/c1-6-3-8(4-12-7(6)2)13-5-9(10)11/h3-4,9H,5H2,1-2H3. The van der Waals surface area contributed by atoms with Crippen LogP contribution >= 0.6 is 0 Å². The lowest BCUT2D eigenvalue weighted by Crippen LogP contribution is -2.07. The average Bonchev–Trinajstić information content (AvgIpc) is 2.07. The largest absolute Gasteiger partial charge is 0.486 e. The molecule has 1 aromatic rings. The average molecular weight is 187 g/mol. The first-order valence-electron chi connectivity index (χ1n) is 3.94. The van der Waals surface area contributed by atoms with E-state index in [1.165, 1.54) is 6.20 Å². The van der Waals surface area contributed by atoms with Crippen molar-refractivity contribution in [2.24, 2.45) is 0 Å². The predicted molar refractivity (Wildman–Crippen MR) is 45.2 cm³/mol. The number of hydrogen-bond acceptors (Lipinski definition) is 2. The van der Waals surface area contributed by atoms with E-state index in [9.17, 15) is 8.78 Å². The molecule has 1 heterocycles. The van der Waals surface area contributed by atoms with Crippen molar-refractivity contribution >= 4 is 0 Å².